The molecule has 1 aliphatic carbocycles. The summed E-state index contributed by atoms with van der Waals surface area (Å²) < 4.78 is 0. The Morgan fingerprint density at radius 3 is 1.73 bits per heavy atom. The Bertz CT molecular complexity index is 94.8. The zero-order valence-electron chi connectivity index (χ0n) is 6.06. The van der Waals surface area contributed by atoms with Gasteiger partial charge < -0.3 is 28.4 Å². The molecule has 0 amide bonds. The third kappa shape index (κ3) is 26.7. The van der Waals surface area contributed by atoms with Gasteiger partial charge in [0.15, 0.2) is 0 Å². The second-order valence-corrected chi connectivity index (χ2v) is 1.00. The topological polar surface area (TPSA) is 78.7 Å². The van der Waals surface area contributed by atoms with E-state index >= 15 is 0 Å². The van der Waals surface area contributed by atoms with Crippen LogP contribution in [0.25, 0.3) is 11.2 Å². The molecule has 0 heterocycles. The molecule has 0 aromatic rings. The first-order valence-corrected chi connectivity index (χ1v) is 2.08. The zero-order chi connectivity index (χ0) is 7.54. The Morgan fingerprint density at radius 2 is 1.64 bits per heavy atom. The molecule has 1 rings (SSSR count). The van der Waals surface area contributed by atoms with Crippen LogP contribution in [0.3, 0.4) is 0 Å². The van der Waals surface area contributed by atoms with Crippen LogP contribution in [0.2, 0.25) is 0 Å². The molecule has 4 nitrogen and oxygen atoms in total. The molecule has 0 aromatic carbocycles. The largest absolute Gasteiger partial charge is 0.577 e. The van der Waals surface area contributed by atoms with E-state index < -0.39 is 0 Å². The normalized spacial score (nSPS) is 8.73. The van der Waals surface area contributed by atoms with E-state index in [1.54, 1.807) is 0 Å². The van der Waals surface area contributed by atoms with Crippen LogP contribution >= 0.6 is 0 Å². The first-order valence-electron chi connectivity index (χ1n) is 2.08. The average Bonchev–Trinajstić information content (AvgIpc) is 2.51. The van der Waals surface area contributed by atoms with E-state index in [2.05, 4.69) is 12.2 Å². The van der Waals surface area contributed by atoms with E-state index in [1.165, 1.54) is 0 Å². The monoisotopic (exact) mass is 324 g/mol. The van der Waals surface area contributed by atoms with Crippen molar-refractivity contribution in [1.82, 2.24) is 0 Å². The first kappa shape index (κ1) is 22.4. The van der Waals surface area contributed by atoms with E-state index in [0.717, 1.165) is 6.42 Å². The minimum absolute atomic E-state index is 0. The van der Waals surface area contributed by atoms with Gasteiger partial charge in [-0.05, 0) is 0 Å². The molecule has 0 aliphatic heterocycles. The number of hydrogen-bond acceptors (Lipinski definition) is 2. The molecule has 0 unspecified atom stereocenters. The van der Waals surface area contributed by atoms with Gasteiger partial charge in [0, 0.05) is 21.1 Å². The summed E-state index contributed by atoms with van der Waals surface area (Å²) >= 11 is 0. The fourth-order valence-corrected chi connectivity index (χ4v) is 0.340. The van der Waals surface area contributed by atoms with Gasteiger partial charge in [-0.15, -0.1) is 6.42 Å². The standard InChI is InChI=1S/C5H5.CH3.2NO.W/c1-2-4-5-3-1;;2*1-2;/h1-3H,4H2;1H3;;;/q4*-1;. The molecule has 1 aliphatic rings. The van der Waals surface area contributed by atoms with Gasteiger partial charge in [-0.2, -0.15) is 6.08 Å². The average molecular weight is 324 g/mol. The van der Waals surface area contributed by atoms with Gasteiger partial charge in [0.2, 0.25) is 0 Å². The molecule has 0 saturated carbocycles. The SMILES string of the molecule is [C-]1=CC=CC1.[CH3-].[N-]=O.[N-]=O.[W]. The molecule has 5 heteroatoms. The molecule has 11 heavy (non-hydrogen) atoms. The Hall–Kier alpha value is -0.632. The Balaban J connectivity index is -0.0000000369. The van der Waals surface area contributed by atoms with Crippen molar-refractivity contribution in [3.8, 4) is 0 Å². The van der Waals surface area contributed by atoms with Gasteiger partial charge in [0.1, 0.15) is 0 Å². The first-order chi connectivity index (χ1) is 4.50. The summed E-state index contributed by atoms with van der Waals surface area (Å²) in [6.45, 7) is 0. The summed E-state index contributed by atoms with van der Waals surface area (Å²) in [5.41, 5.74) is 11.5. The maximum absolute atomic E-state index is 7.25. The quantitative estimate of drug-likeness (QED) is 0.641. The van der Waals surface area contributed by atoms with Gasteiger partial charge in [0.05, 0.1) is 0 Å². The second-order valence-electron chi connectivity index (χ2n) is 1.00. The fourth-order valence-electron chi connectivity index (χ4n) is 0.340. The second kappa shape index (κ2) is 34.4. The van der Waals surface area contributed by atoms with Crippen molar-refractivity contribution in [1.29, 1.82) is 0 Å². The van der Waals surface area contributed by atoms with Crippen molar-refractivity contribution in [3.05, 3.63) is 52.7 Å². The van der Waals surface area contributed by atoms with Gasteiger partial charge in [-0.1, -0.05) is 0 Å². The predicted octanol–water partition coefficient (Wildman–Crippen LogP) is 2.40. The van der Waals surface area contributed by atoms with Crippen molar-refractivity contribution in [2.75, 3.05) is 0 Å². The number of nitrogens with zero attached hydrogens (tertiary/aromatic N) is 2. The van der Waals surface area contributed by atoms with Crippen LogP contribution in [-0.4, -0.2) is 0 Å². The minimum Gasteiger partial charge on any atom is -0.577 e. The van der Waals surface area contributed by atoms with E-state index in [4.69, 9.17) is 21.0 Å². The summed E-state index contributed by atoms with van der Waals surface area (Å²) in [5, 5.41) is 0. The van der Waals surface area contributed by atoms with Crippen molar-refractivity contribution in [3.63, 3.8) is 0 Å². The third-order valence-corrected chi connectivity index (χ3v) is 0.586. The van der Waals surface area contributed by atoms with Crippen LogP contribution in [0.4, 0.5) is 0 Å². The van der Waals surface area contributed by atoms with Crippen molar-refractivity contribution in [2.24, 2.45) is 0 Å². The van der Waals surface area contributed by atoms with Crippen LogP contribution in [0.15, 0.2) is 18.2 Å². The molecule has 64 valence electrons. The molecule has 0 radical (unpaired) electrons. The van der Waals surface area contributed by atoms with Crippen molar-refractivity contribution >= 4 is 0 Å². The Kier molecular flexibility index (Phi) is 70.1. The third-order valence-electron chi connectivity index (χ3n) is 0.586. The van der Waals surface area contributed by atoms with Crippen molar-refractivity contribution < 1.29 is 21.1 Å². The molecule has 0 fully saturated rings. The van der Waals surface area contributed by atoms with Gasteiger partial charge >= 0.3 is 0 Å². The number of hydrogen-bond donors (Lipinski definition) is 0. The molecule has 0 aromatic heterocycles. The predicted molar refractivity (Wildman–Crippen MR) is 41.4 cm³/mol. The number of allylic oxidation sites excluding steroid dienone is 4. The van der Waals surface area contributed by atoms with E-state index in [0.29, 0.717) is 0 Å². The molecule has 0 saturated heterocycles. The summed E-state index contributed by atoms with van der Waals surface area (Å²) in [7, 11) is 0. The van der Waals surface area contributed by atoms with Crippen LogP contribution in [0.5, 0.6) is 0 Å². The van der Waals surface area contributed by atoms with E-state index in [-0.39, 0.29) is 28.5 Å². The van der Waals surface area contributed by atoms with Crippen LogP contribution in [0.1, 0.15) is 6.42 Å². The molecule has 0 bridgehead atoms. The maximum atomic E-state index is 7.25. The van der Waals surface area contributed by atoms with E-state index in [1.807, 2.05) is 12.2 Å². The summed E-state index contributed by atoms with van der Waals surface area (Å²) in [6.07, 6.45) is 10.0. The summed E-state index contributed by atoms with van der Waals surface area (Å²) in [4.78, 5) is 14.5. The fraction of sp³-hybridized carbons (Fsp3) is 0.167. The molecule has 0 spiro atoms. The van der Waals surface area contributed by atoms with Crippen LogP contribution < -0.4 is 0 Å². The zero-order valence-corrected chi connectivity index (χ0v) is 8.99. The Labute approximate surface area is 80.6 Å². The Morgan fingerprint density at radius 1 is 1.18 bits per heavy atom. The summed E-state index contributed by atoms with van der Waals surface area (Å²) in [6, 6.07) is 0. The van der Waals surface area contributed by atoms with Gasteiger partial charge in [-0.25, -0.2) is 12.2 Å². The smallest absolute Gasteiger partial charge is 0 e. The van der Waals surface area contributed by atoms with Crippen LogP contribution in [-0.2, 0) is 21.1 Å². The van der Waals surface area contributed by atoms with Gasteiger partial charge in [-0.3, -0.25) is 6.08 Å². The molecule has 0 atom stereocenters. The molecular weight excluding hydrogens is 316 g/mol. The molecule has 0 N–H and O–H groups in total. The van der Waals surface area contributed by atoms with Crippen molar-refractivity contribution in [2.45, 2.75) is 6.42 Å². The number of nitroso groups, excluding NO2 is 2. The van der Waals surface area contributed by atoms with E-state index in [9.17, 15) is 0 Å². The maximum Gasteiger partial charge on any atom is 0 e. The van der Waals surface area contributed by atoms with Crippen LogP contribution in [0, 0.1) is 23.3 Å². The van der Waals surface area contributed by atoms with Gasteiger partial charge in [0.25, 0.3) is 0 Å². The minimum atomic E-state index is 0. The number of rotatable bonds is 0. The summed E-state index contributed by atoms with van der Waals surface area (Å²) in [5.74, 6) is 0. The molecular formula is C6H8N2O2W-4.